The lowest BCUT2D eigenvalue weighted by molar-refractivity contribution is 0.0645. The minimum Gasteiger partial charge on any atom is -0.394 e. The molecule has 0 radical (unpaired) electrons. The SMILES string of the molecule is CCCn1cccc1C(=O)NC(CC)(CO)CO. The van der Waals surface area contributed by atoms with E-state index in [1.807, 2.05) is 30.7 Å². The van der Waals surface area contributed by atoms with Crippen LogP contribution in [0.25, 0.3) is 0 Å². The molecule has 0 aliphatic rings. The van der Waals surface area contributed by atoms with Gasteiger partial charge in [-0.25, -0.2) is 0 Å². The lowest BCUT2D eigenvalue weighted by atomic mass is 9.98. The van der Waals surface area contributed by atoms with Gasteiger partial charge in [-0.1, -0.05) is 13.8 Å². The fraction of sp³-hybridized carbons (Fsp3) is 0.615. The summed E-state index contributed by atoms with van der Waals surface area (Å²) in [6, 6.07) is 3.55. The van der Waals surface area contributed by atoms with Crippen LogP contribution in [0.3, 0.4) is 0 Å². The van der Waals surface area contributed by atoms with Crippen molar-refractivity contribution in [2.45, 2.75) is 38.8 Å². The second kappa shape index (κ2) is 6.56. The fourth-order valence-corrected chi connectivity index (χ4v) is 1.80. The highest BCUT2D eigenvalue weighted by atomic mass is 16.3. The van der Waals surface area contributed by atoms with Gasteiger partial charge in [0, 0.05) is 12.7 Å². The molecule has 0 aliphatic heterocycles. The van der Waals surface area contributed by atoms with Crippen LogP contribution in [0.15, 0.2) is 18.3 Å². The number of carbonyl (C=O) groups excluding carboxylic acids is 1. The topological polar surface area (TPSA) is 74.5 Å². The summed E-state index contributed by atoms with van der Waals surface area (Å²) in [4.78, 5) is 12.1. The molecule has 0 saturated carbocycles. The lowest BCUT2D eigenvalue weighted by Crippen LogP contribution is -2.54. The molecule has 1 aromatic heterocycles. The van der Waals surface area contributed by atoms with Gasteiger partial charge in [0.25, 0.3) is 5.91 Å². The molecule has 1 rings (SSSR count). The molecule has 5 nitrogen and oxygen atoms in total. The van der Waals surface area contributed by atoms with Crippen LogP contribution in [-0.2, 0) is 6.54 Å². The number of aliphatic hydroxyl groups is 2. The zero-order chi connectivity index (χ0) is 13.6. The number of carbonyl (C=O) groups is 1. The normalized spacial score (nSPS) is 11.6. The van der Waals surface area contributed by atoms with Gasteiger partial charge in [-0.15, -0.1) is 0 Å². The molecule has 0 fully saturated rings. The Labute approximate surface area is 107 Å². The Morgan fingerprint density at radius 3 is 2.56 bits per heavy atom. The zero-order valence-electron chi connectivity index (χ0n) is 11.0. The lowest BCUT2D eigenvalue weighted by Gasteiger charge is -2.29. The number of hydrogen-bond donors (Lipinski definition) is 3. The van der Waals surface area contributed by atoms with E-state index in [1.165, 1.54) is 0 Å². The maximum Gasteiger partial charge on any atom is 0.268 e. The van der Waals surface area contributed by atoms with Crippen LogP contribution in [0.2, 0.25) is 0 Å². The minimum atomic E-state index is -0.946. The summed E-state index contributed by atoms with van der Waals surface area (Å²) in [5, 5.41) is 21.3. The van der Waals surface area contributed by atoms with Crippen LogP contribution in [0.4, 0.5) is 0 Å². The Morgan fingerprint density at radius 1 is 1.39 bits per heavy atom. The number of nitrogens with one attached hydrogen (secondary N) is 1. The van der Waals surface area contributed by atoms with E-state index in [-0.39, 0.29) is 19.1 Å². The van der Waals surface area contributed by atoms with Crippen LogP contribution < -0.4 is 5.32 Å². The third kappa shape index (κ3) is 3.11. The number of aryl methyl sites for hydroxylation is 1. The van der Waals surface area contributed by atoms with Crippen LogP contribution in [-0.4, -0.2) is 39.4 Å². The molecule has 102 valence electrons. The van der Waals surface area contributed by atoms with E-state index in [4.69, 9.17) is 0 Å². The Morgan fingerprint density at radius 2 is 2.06 bits per heavy atom. The van der Waals surface area contributed by atoms with Gasteiger partial charge >= 0.3 is 0 Å². The summed E-state index contributed by atoms with van der Waals surface area (Å²) in [5.41, 5.74) is -0.394. The van der Waals surface area contributed by atoms with Gasteiger partial charge in [-0.2, -0.15) is 0 Å². The van der Waals surface area contributed by atoms with E-state index >= 15 is 0 Å². The van der Waals surface area contributed by atoms with Gasteiger partial charge in [0.1, 0.15) is 5.69 Å². The summed E-state index contributed by atoms with van der Waals surface area (Å²) in [7, 11) is 0. The van der Waals surface area contributed by atoms with Crippen molar-refractivity contribution in [2.75, 3.05) is 13.2 Å². The summed E-state index contributed by atoms with van der Waals surface area (Å²) in [5.74, 6) is -0.265. The maximum atomic E-state index is 12.1. The largest absolute Gasteiger partial charge is 0.394 e. The van der Waals surface area contributed by atoms with Gasteiger partial charge in [0.15, 0.2) is 0 Å². The van der Waals surface area contributed by atoms with E-state index in [0.29, 0.717) is 12.1 Å². The standard InChI is InChI=1S/C13H22N2O3/c1-3-7-15-8-5-6-11(15)12(18)14-13(4-2,9-16)10-17/h5-6,8,16-17H,3-4,7,9-10H2,1-2H3,(H,14,18). The van der Waals surface area contributed by atoms with Crippen molar-refractivity contribution in [1.29, 1.82) is 0 Å². The quantitative estimate of drug-likeness (QED) is 0.672. The first-order chi connectivity index (χ1) is 8.62. The predicted octanol–water partition coefficient (Wildman–Crippen LogP) is 0.761. The van der Waals surface area contributed by atoms with Crippen LogP contribution in [0, 0.1) is 0 Å². The van der Waals surface area contributed by atoms with Gasteiger partial charge in [0.2, 0.25) is 0 Å². The molecule has 0 bridgehead atoms. The van der Waals surface area contributed by atoms with Gasteiger partial charge in [-0.05, 0) is 25.0 Å². The molecule has 0 saturated heterocycles. The Hall–Kier alpha value is -1.33. The Balaban J connectivity index is 2.84. The van der Waals surface area contributed by atoms with Crippen molar-refractivity contribution in [1.82, 2.24) is 9.88 Å². The molecule has 3 N–H and O–H groups in total. The summed E-state index contributed by atoms with van der Waals surface area (Å²) >= 11 is 0. The third-order valence-electron chi connectivity index (χ3n) is 3.19. The highest BCUT2D eigenvalue weighted by molar-refractivity contribution is 5.93. The highest BCUT2D eigenvalue weighted by Crippen LogP contribution is 2.11. The number of nitrogens with zero attached hydrogens (tertiary/aromatic N) is 1. The van der Waals surface area contributed by atoms with E-state index in [1.54, 1.807) is 6.07 Å². The van der Waals surface area contributed by atoms with E-state index in [0.717, 1.165) is 13.0 Å². The summed E-state index contributed by atoms with van der Waals surface area (Å²) in [6.07, 6.45) is 3.26. The number of aromatic nitrogens is 1. The first-order valence-corrected chi connectivity index (χ1v) is 6.31. The molecule has 0 aliphatic carbocycles. The molecule has 18 heavy (non-hydrogen) atoms. The van der Waals surface area contributed by atoms with E-state index in [9.17, 15) is 15.0 Å². The van der Waals surface area contributed by atoms with Crippen molar-refractivity contribution in [3.8, 4) is 0 Å². The van der Waals surface area contributed by atoms with Crippen molar-refractivity contribution in [2.24, 2.45) is 0 Å². The molecular formula is C13H22N2O3. The van der Waals surface area contributed by atoms with E-state index < -0.39 is 5.54 Å². The van der Waals surface area contributed by atoms with Gasteiger partial charge in [0.05, 0.1) is 18.8 Å². The second-order valence-corrected chi connectivity index (χ2v) is 4.49. The van der Waals surface area contributed by atoms with Crippen LogP contribution in [0.5, 0.6) is 0 Å². The summed E-state index contributed by atoms with van der Waals surface area (Å²) in [6.45, 7) is 4.07. The third-order valence-corrected chi connectivity index (χ3v) is 3.19. The Bertz CT molecular complexity index is 375. The molecular weight excluding hydrogens is 232 g/mol. The molecule has 0 unspecified atom stereocenters. The number of hydrogen-bond acceptors (Lipinski definition) is 3. The fourth-order valence-electron chi connectivity index (χ4n) is 1.80. The molecule has 0 spiro atoms. The smallest absolute Gasteiger partial charge is 0.268 e. The van der Waals surface area contributed by atoms with Gasteiger partial charge < -0.3 is 20.1 Å². The first-order valence-electron chi connectivity index (χ1n) is 6.31. The number of amides is 1. The average Bonchev–Trinajstić information content (AvgIpc) is 2.85. The summed E-state index contributed by atoms with van der Waals surface area (Å²) < 4.78 is 1.87. The monoisotopic (exact) mass is 254 g/mol. The molecule has 1 aromatic rings. The molecule has 0 atom stereocenters. The number of rotatable bonds is 7. The van der Waals surface area contributed by atoms with Crippen molar-refractivity contribution in [3.05, 3.63) is 24.0 Å². The van der Waals surface area contributed by atoms with Crippen LogP contribution in [0.1, 0.15) is 37.2 Å². The van der Waals surface area contributed by atoms with Crippen molar-refractivity contribution in [3.63, 3.8) is 0 Å². The van der Waals surface area contributed by atoms with Gasteiger partial charge in [-0.3, -0.25) is 4.79 Å². The van der Waals surface area contributed by atoms with Crippen molar-refractivity contribution >= 4 is 5.91 Å². The molecule has 0 aromatic carbocycles. The molecule has 1 heterocycles. The minimum absolute atomic E-state index is 0.265. The molecule has 5 heteroatoms. The van der Waals surface area contributed by atoms with E-state index in [2.05, 4.69) is 5.32 Å². The second-order valence-electron chi connectivity index (χ2n) is 4.49. The maximum absolute atomic E-state index is 12.1. The average molecular weight is 254 g/mol. The number of aliphatic hydroxyl groups excluding tert-OH is 2. The predicted molar refractivity (Wildman–Crippen MR) is 69.4 cm³/mol. The first kappa shape index (κ1) is 14.7. The molecule has 1 amide bonds. The zero-order valence-corrected chi connectivity index (χ0v) is 11.0. The van der Waals surface area contributed by atoms with Crippen LogP contribution >= 0.6 is 0 Å². The Kier molecular flexibility index (Phi) is 5.37. The highest BCUT2D eigenvalue weighted by Gasteiger charge is 2.29. The van der Waals surface area contributed by atoms with Crippen molar-refractivity contribution < 1.29 is 15.0 Å².